The minimum absolute atomic E-state index is 0.0312. The third-order valence-electron chi connectivity index (χ3n) is 4.47. The number of amides is 1. The van der Waals surface area contributed by atoms with Crippen molar-refractivity contribution in [3.63, 3.8) is 0 Å². The van der Waals surface area contributed by atoms with Gasteiger partial charge in [-0.1, -0.05) is 12.1 Å². The largest absolute Gasteiger partial charge is 0.396 e. The van der Waals surface area contributed by atoms with E-state index in [0.29, 0.717) is 11.7 Å². The van der Waals surface area contributed by atoms with Gasteiger partial charge in [0.25, 0.3) is 5.91 Å². The number of anilines is 2. The first-order valence-electron chi connectivity index (χ1n) is 8.43. The zero-order valence-corrected chi connectivity index (χ0v) is 14.3. The smallest absolute Gasteiger partial charge is 0.255 e. The number of benzene rings is 2. The molecule has 2 aromatic rings. The fraction of sp³-hybridized carbons (Fsp3) is 0.316. The molecular formula is C19H23FN4O. The van der Waals surface area contributed by atoms with Gasteiger partial charge in [-0.3, -0.25) is 9.69 Å². The van der Waals surface area contributed by atoms with Crippen LogP contribution in [-0.4, -0.2) is 36.5 Å². The first kappa shape index (κ1) is 17.4. The molecular weight excluding hydrogens is 319 g/mol. The lowest BCUT2D eigenvalue weighted by Gasteiger charge is -2.33. The molecule has 5 nitrogen and oxygen atoms in total. The van der Waals surface area contributed by atoms with Gasteiger partial charge >= 0.3 is 0 Å². The van der Waals surface area contributed by atoms with E-state index in [0.717, 1.165) is 37.8 Å². The molecule has 0 aliphatic carbocycles. The van der Waals surface area contributed by atoms with Crippen molar-refractivity contribution < 1.29 is 9.18 Å². The average Bonchev–Trinajstić information content (AvgIpc) is 2.60. The molecule has 1 atom stereocenters. The summed E-state index contributed by atoms with van der Waals surface area (Å²) in [6.07, 6.45) is 0. The molecule has 3 rings (SSSR count). The molecule has 0 bridgehead atoms. The second-order valence-electron chi connectivity index (χ2n) is 6.41. The fourth-order valence-corrected chi connectivity index (χ4v) is 2.97. The summed E-state index contributed by atoms with van der Waals surface area (Å²) >= 11 is 0. The number of nitrogens with two attached hydrogens (primary N) is 1. The Morgan fingerprint density at radius 3 is 2.96 bits per heavy atom. The Labute approximate surface area is 147 Å². The Bertz CT molecular complexity index is 765. The number of piperazine rings is 1. The van der Waals surface area contributed by atoms with Crippen molar-refractivity contribution >= 4 is 17.3 Å². The van der Waals surface area contributed by atoms with E-state index in [-0.39, 0.29) is 17.2 Å². The third kappa shape index (κ3) is 4.35. The Morgan fingerprint density at radius 1 is 1.36 bits per heavy atom. The molecule has 0 spiro atoms. The summed E-state index contributed by atoms with van der Waals surface area (Å²) in [7, 11) is 0. The zero-order valence-electron chi connectivity index (χ0n) is 14.3. The van der Waals surface area contributed by atoms with Crippen LogP contribution in [0.1, 0.15) is 22.8 Å². The summed E-state index contributed by atoms with van der Waals surface area (Å²) in [5.74, 6) is -0.944. The van der Waals surface area contributed by atoms with Crippen LogP contribution in [0.2, 0.25) is 0 Å². The molecule has 1 heterocycles. The van der Waals surface area contributed by atoms with Crippen LogP contribution in [-0.2, 0) is 6.54 Å². The van der Waals surface area contributed by atoms with Gasteiger partial charge in [0, 0.05) is 43.5 Å². The van der Waals surface area contributed by atoms with Gasteiger partial charge in [-0.05, 0) is 42.8 Å². The lowest BCUT2D eigenvalue weighted by Crippen LogP contribution is -2.49. The number of carbonyl (C=O) groups is 1. The lowest BCUT2D eigenvalue weighted by atomic mass is 10.1. The molecule has 1 aliphatic heterocycles. The summed E-state index contributed by atoms with van der Waals surface area (Å²) in [5, 5.41) is 6.19. The van der Waals surface area contributed by atoms with Gasteiger partial charge in [-0.15, -0.1) is 0 Å². The molecule has 2 aromatic carbocycles. The number of carbonyl (C=O) groups excluding carboxylic acids is 1. The molecule has 1 unspecified atom stereocenters. The summed E-state index contributed by atoms with van der Waals surface area (Å²) in [4.78, 5) is 14.7. The van der Waals surface area contributed by atoms with Crippen molar-refractivity contribution in [1.82, 2.24) is 10.2 Å². The Kier molecular flexibility index (Phi) is 5.31. The summed E-state index contributed by atoms with van der Waals surface area (Å²) < 4.78 is 13.5. The molecule has 0 saturated carbocycles. The Hall–Kier alpha value is -2.44. The molecule has 4 N–H and O–H groups in total. The normalized spacial score (nSPS) is 18.1. The van der Waals surface area contributed by atoms with Crippen molar-refractivity contribution in [2.75, 3.05) is 30.7 Å². The van der Waals surface area contributed by atoms with Gasteiger partial charge in [0.2, 0.25) is 0 Å². The number of nitrogens with one attached hydrogen (secondary N) is 2. The maximum absolute atomic E-state index is 13.5. The van der Waals surface area contributed by atoms with E-state index in [9.17, 15) is 9.18 Å². The average molecular weight is 342 g/mol. The minimum atomic E-state index is -0.589. The second kappa shape index (κ2) is 7.63. The minimum Gasteiger partial charge on any atom is -0.396 e. The Morgan fingerprint density at radius 2 is 2.20 bits per heavy atom. The molecule has 1 aliphatic rings. The molecule has 1 saturated heterocycles. The van der Waals surface area contributed by atoms with E-state index in [1.165, 1.54) is 12.1 Å². The van der Waals surface area contributed by atoms with Gasteiger partial charge in [-0.2, -0.15) is 0 Å². The van der Waals surface area contributed by atoms with E-state index < -0.39 is 5.82 Å². The highest BCUT2D eigenvalue weighted by molar-refractivity contribution is 6.04. The number of nitrogens with zero attached hydrogens (tertiary/aromatic N) is 1. The quantitative estimate of drug-likeness (QED) is 0.747. The van der Waals surface area contributed by atoms with Gasteiger partial charge in [0.15, 0.2) is 0 Å². The number of rotatable bonds is 4. The van der Waals surface area contributed by atoms with Crippen LogP contribution in [0.4, 0.5) is 15.8 Å². The van der Waals surface area contributed by atoms with Gasteiger partial charge in [0.05, 0.1) is 5.69 Å². The summed E-state index contributed by atoms with van der Waals surface area (Å²) in [6.45, 7) is 6.02. The fourth-order valence-electron chi connectivity index (χ4n) is 2.97. The topological polar surface area (TPSA) is 70.4 Å². The predicted molar refractivity (Wildman–Crippen MR) is 97.9 cm³/mol. The third-order valence-corrected chi connectivity index (χ3v) is 4.47. The van der Waals surface area contributed by atoms with Gasteiger partial charge < -0.3 is 16.4 Å². The van der Waals surface area contributed by atoms with Crippen molar-refractivity contribution in [1.29, 1.82) is 0 Å². The SMILES string of the molecule is CC1CNCCN1Cc1cccc(NC(=O)c2ccc(N)c(F)c2)c1. The van der Waals surface area contributed by atoms with Gasteiger partial charge in [0.1, 0.15) is 5.82 Å². The molecule has 25 heavy (non-hydrogen) atoms. The zero-order chi connectivity index (χ0) is 17.8. The van der Waals surface area contributed by atoms with Crippen LogP contribution in [0.5, 0.6) is 0 Å². The molecule has 0 radical (unpaired) electrons. The second-order valence-corrected chi connectivity index (χ2v) is 6.41. The molecule has 132 valence electrons. The molecule has 1 fully saturated rings. The first-order chi connectivity index (χ1) is 12.0. The van der Waals surface area contributed by atoms with Crippen LogP contribution in [0.25, 0.3) is 0 Å². The monoisotopic (exact) mass is 342 g/mol. The summed E-state index contributed by atoms with van der Waals surface area (Å²) in [5.41, 5.74) is 7.55. The van der Waals surface area contributed by atoms with Crippen molar-refractivity contribution in [3.8, 4) is 0 Å². The van der Waals surface area contributed by atoms with E-state index in [1.807, 2.05) is 24.3 Å². The van der Waals surface area contributed by atoms with E-state index in [1.54, 1.807) is 0 Å². The predicted octanol–water partition coefficient (Wildman–Crippen LogP) is 2.45. The standard InChI is InChI=1S/C19H23FN4O/c1-13-11-22-7-8-24(13)12-14-3-2-4-16(9-14)23-19(25)15-5-6-18(21)17(20)10-15/h2-6,9-10,13,22H,7-8,11-12,21H2,1H3,(H,23,25). The van der Waals surface area contributed by atoms with Crippen molar-refractivity contribution in [2.24, 2.45) is 0 Å². The summed E-state index contributed by atoms with van der Waals surface area (Å²) in [6, 6.07) is 12.3. The van der Waals surface area contributed by atoms with Crippen molar-refractivity contribution in [3.05, 3.63) is 59.4 Å². The highest BCUT2D eigenvalue weighted by Crippen LogP contribution is 2.17. The number of halogens is 1. The van der Waals surface area contributed by atoms with Crippen molar-refractivity contribution in [2.45, 2.75) is 19.5 Å². The van der Waals surface area contributed by atoms with Crippen LogP contribution < -0.4 is 16.4 Å². The molecule has 0 aromatic heterocycles. The number of hydrogen-bond donors (Lipinski definition) is 3. The van der Waals surface area contributed by atoms with E-state index in [4.69, 9.17) is 5.73 Å². The molecule has 1 amide bonds. The van der Waals surface area contributed by atoms with Crippen LogP contribution in [0.15, 0.2) is 42.5 Å². The number of nitrogen functional groups attached to an aromatic ring is 1. The highest BCUT2D eigenvalue weighted by atomic mass is 19.1. The van der Waals surface area contributed by atoms with Crippen LogP contribution in [0, 0.1) is 5.82 Å². The maximum atomic E-state index is 13.5. The molecule has 6 heteroatoms. The first-order valence-corrected chi connectivity index (χ1v) is 8.43. The van der Waals surface area contributed by atoms with Gasteiger partial charge in [-0.25, -0.2) is 4.39 Å². The maximum Gasteiger partial charge on any atom is 0.255 e. The van der Waals surface area contributed by atoms with Crippen LogP contribution >= 0.6 is 0 Å². The Balaban J connectivity index is 1.68. The number of hydrogen-bond acceptors (Lipinski definition) is 4. The lowest BCUT2D eigenvalue weighted by molar-refractivity contribution is 0.102. The van der Waals surface area contributed by atoms with E-state index >= 15 is 0 Å². The highest BCUT2D eigenvalue weighted by Gasteiger charge is 2.18. The van der Waals surface area contributed by atoms with E-state index in [2.05, 4.69) is 22.5 Å². The van der Waals surface area contributed by atoms with Crippen LogP contribution in [0.3, 0.4) is 0 Å².